The minimum atomic E-state index is 0.506. The van der Waals surface area contributed by atoms with E-state index in [1.54, 1.807) is 0 Å². The molecule has 1 atom stereocenters. The van der Waals surface area contributed by atoms with Crippen molar-refractivity contribution >= 4 is 6.08 Å². The molecular weight excluding hydrogens is 114 g/mol. The molecule has 0 spiro atoms. The van der Waals surface area contributed by atoms with Crippen LogP contribution in [0.3, 0.4) is 0 Å². The molecule has 0 unspecified atom stereocenters. The second-order valence-corrected chi connectivity index (χ2v) is 2.20. The Morgan fingerprint density at radius 2 is 2.67 bits per heavy atom. The molecule has 0 aromatic heterocycles. The maximum atomic E-state index is 9.65. The molecule has 0 amide bonds. The lowest BCUT2D eigenvalue weighted by Gasteiger charge is -1.97. The molecule has 1 rings (SSSR count). The topological polar surface area (TPSA) is 29.4 Å². The molecule has 0 bridgehead atoms. The molecule has 0 aromatic carbocycles. The Morgan fingerprint density at radius 3 is 3.22 bits per heavy atom. The Labute approximate surface area is 54.3 Å². The summed E-state index contributed by atoms with van der Waals surface area (Å²) in [6.07, 6.45) is 8.06. The molecule has 0 saturated carbocycles. The van der Waals surface area contributed by atoms with Crippen LogP contribution in [0.5, 0.6) is 0 Å². The minimum Gasteiger partial charge on any atom is -0.211 e. The van der Waals surface area contributed by atoms with Crippen LogP contribution in [0, 0.1) is 5.92 Å². The highest BCUT2D eigenvalue weighted by Gasteiger charge is 2.06. The van der Waals surface area contributed by atoms with Gasteiger partial charge in [-0.25, -0.2) is 9.79 Å². The maximum absolute atomic E-state index is 9.65. The first-order chi connectivity index (χ1) is 4.43. The Bertz CT molecular complexity index is 156. The van der Waals surface area contributed by atoms with Gasteiger partial charge < -0.3 is 0 Å². The Kier molecular flexibility index (Phi) is 2.22. The smallest absolute Gasteiger partial charge is 0.211 e. The van der Waals surface area contributed by atoms with Gasteiger partial charge in [-0.3, -0.25) is 0 Å². The van der Waals surface area contributed by atoms with Gasteiger partial charge in [0.25, 0.3) is 0 Å². The van der Waals surface area contributed by atoms with Crippen molar-refractivity contribution in [2.24, 2.45) is 10.9 Å². The lowest BCUT2D eigenvalue weighted by molar-refractivity contribution is 0.558. The number of aliphatic imine (C=N–C) groups is 1. The van der Waals surface area contributed by atoms with Crippen LogP contribution in [0.15, 0.2) is 17.1 Å². The number of carbonyl (C=O) groups excluding carboxylic acids is 1. The van der Waals surface area contributed by atoms with E-state index in [1.165, 1.54) is 6.08 Å². The van der Waals surface area contributed by atoms with Gasteiger partial charge in [-0.2, -0.15) is 0 Å². The second kappa shape index (κ2) is 3.21. The summed E-state index contributed by atoms with van der Waals surface area (Å²) < 4.78 is 0. The van der Waals surface area contributed by atoms with E-state index >= 15 is 0 Å². The maximum Gasteiger partial charge on any atom is 0.234 e. The monoisotopic (exact) mass is 123 g/mol. The average Bonchev–Trinajstić information content (AvgIpc) is 2.34. The van der Waals surface area contributed by atoms with Gasteiger partial charge in [0.15, 0.2) is 0 Å². The lowest BCUT2D eigenvalue weighted by atomic mass is 10.1. The van der Waals surface area contributed by atoms with E-state index < -0.39 is 0 Å². The third kappa shape index (κ3) is 1.82. The summed E-state index contributed by atoms with van der Waals surface area (Å²) in [5.74, 6) is 0.506. The number of allylic oxidation sites excluding steroid dienone is 1. The molecule has 9 heavy (non-hydrogen) atoms. The van der Waals surface area contributed by atoms with E-state index in [0.717, 1.165) is 12.8 Å². The van der Waals surface area contributed by atoms with E-state index in [2.05, 4.69) is 17.1 Å². The molecule has 2 heteroatoms. The molecule has 0 heterocycles. The molecule has 2 nitrogen and oxygen atoms in total. The zero-order valence-electron chi connectivity index (χ0n) is 5.21. The van der Waals surface area contributed by atoms with Gasteiger partial charge in [0.1, 0.15) is 0 Å². The minimum absolute atomic E-state index is 0.506. The summed E-state index contributed by atoms with van der Waals surface area (Å²) in [5, 5.41) is 0. The molecule has 0 fully saturated rings. The third-order valence-corrected chi connectivity index (χ3v) is 1.50. The normalized spacial score (nSPS) is 23.8. The first-order valence-corrected chi connectivity index (χ1v) is 3.14. The molecule has 1 aliphatic rings. The molecule has 0 saturated heterocycles. The Hall–Kier alpha value is -0.880. The summed E-state index contributed by atoms with van der Waals surface area (Å²) in [5.41, 5.74) is 0. The fourth-order valence-electron chi connectivity index (χ4n) is 1.00. The first-order valence-electron chi connectivity index (χ1n) is 3.14. The van der Waals surface area contributed by atoms with Gasteiger partial charge >= 0.3 is 0 Å². The Balaban J connectivity index is 2.27. The van der Waals surface area contributed by atoms with Gasteiger partial charge in [-0.15, -0.1) is 0 Å². The van der Waals surface area contributed by atoms with Crippen LogP contribution in [0.2, 0.25) is 0 Å². The van der Waals surface area contributed by atoms with Crippen molar-refractivity contribution in [1.82, 2.24) is 0 Å². The average molecular weight is 123 g/mol. The van der Waals surface area contributed by atoms with Gasteiger partial charge in [-0.1, -0.05) is 12.2 Å². The van der Waals surface area contributed by atoms with Gasteiger partial charge in [0, 0.05) is 0 Å². The first kappa shape index (κ1) is 6.24. The van der Waals surface area contributed by atoms with Crippen LogP contribution < -0.4 is 0 Å². The van der Waals surface area contributed by atoms with E-state index in [4.69, 9.17) is 0 Å². The van der Waals surface area contributed by atoms with Crippen molar-refractivity contribution in [1.29, 1.82) is 0 Å². The summed E-state index contributed by atoms with van der Waals surface area (Å²) >= 11 is 0. The molecule has 0 aliphatic heterocycles. The van der Waals surface area contributed by atoms with Crippen molar-refractivity contribution in [3.05, 3.63) is 12.2 Å². The number of rotatable bonds is 2. The van der Waals surface area contributed by atoms with Gasteiger partial charge in [0.05, 0.1) is 6.54 Å². The van der Waals surface area contributed by atoms with E-state index in [1.807, 2.05) is 0 Å². The van der Waals surface area contributed by atoms with Crippen molar-refractivity contribution < 1.29 is 4.79 Å². The molecule has 0 N–H and O–H groups in total. The van der Waals surface area contributed by atoms with Crippen LogP contribution in [0.4, 0.5) is 0 Å². The second-order valence-electron chi connectivity index (χ2n) is 2.20. The number of isocyanates is 1. The van der Waals surface area contributed by atoms with Crippen LogP contribution in [-0.4, -0.2) is 12.6 Å². The van der Waals surface area contributed by atoms with E-state index in [-0.39, 0.29) is 0 Å². The lowest BCUT2D eigenvalue weighted by Crippen LogP contribution is -1.95. The SMILES string of the molecule is O=C=NC[C@@H]1C=CCC1. The fourth-order valence-corrected chi connectivity index (χ4v) is 1.00. The number of hydrogen-bond acceptors (Lipinski definition) is 2. The van der Waals surface area contributed by atoms with Crippen molar-refractivity contribution in [2.75, 3.05) is 6.54 Å². The fraction of sp³-hybridized carbons (Fsp3) is 0.571. The largest absolute Gasteiger partial charge is 0.234 e. The van der Waals surface area contributed by atoms with Crippen molar-refractivity contribution in [3.8, 4) is 0 Å². The van der Waals surface area contributed by atoms with E-state index in [9.17, 15) is 4.79 Å². The van der Waals surface area contributed by atoms with E-state index in [0.29, 0.717) is 12.5 Å². The number of hydrogen-bond donors (Lipinski definition) is 0. The predicted octanol–water partition coefficient (Wildman–Crippen LogP) is 1.29. The highest BCUT2D eigenvalue weighted by Crippen LogP contribution is 2.16. The zero-order valence-corrected chi connectivity index (χ0v) is 5.21. The molecular formula is C7H9NO. The summed E-state index contributed by atoms with van der Waals surface area (Å²) in [4.78, 5) is 13.1. The Morgan fingerprint density at radius 1 is 1.78 bits per heavy atom. The standard InChI is InChI=1S/C7H9NO/c9-6-8-5-7-3-1-2-4-7/h1,3,7H,2,4-5H2/t7-/m1/s1. The summed E-state index contributed by atoms with van der Waals surface area (Å²) in [7, 11) is 0. The zero-order chi connectivity index (χ0) is 6.53. The number of nitrogens with zero attached hydrogens (tertiary/aromatic N) is 1. The molecule has 0 radical (unpaired) electrons. The summed E-state index contributed by atoms with van der Waals surface area (Å²) in [6, 6.07) is 0. The molecule has 1 aliphatic carbocycles. The van der Waals surface area contributed by atoms with Crippen molar-refractivity contribution in [3.63, 3.8) is 0 Å². The quantitative estimate of drug-likeness (QED) is 0.309. The van der Waals surface area contributed by atoms with Crippen LogP contribution in [0.25, 0.3) is 0 Å². The highest BCUT2D eigenvalue weighted by molar-refractivity contribution is 5.33. The van der Waals surface area contributed by atoms with Crippen LogP contribution in [0.1, 0.15) is 12.8 Å². The predicted molar refractivity (Wildman–Crippen MR) is 34.9 cm³/mol. The molecule has 48 valence electrons. The van der Waals surface area contributed by atoms with Gasteiger partial charge in [0.2, 0.25) is 6.08 Å². The highest BCUT2D eigenvalue weighted by atomic mass is 16.1. The summed E-state index contributed by atoms with van der Waals surface area (Å²) in [6.45, 7) is 0.625. The third-order valence-electron chi connectivity index (χ3n) is 1.50. The van der Waals surface area contributed by atoms with Crippen LogP contribution >= 0.6 is 0 Å². The van der Waals surface area contributed by atoms with Crippen molar-refractivity contribution in [2.45, 2.75) is 12.8 Å². The molecule has 0 aromatic rings. The van der Waals surface area contributed by atoms with Gasteiger partial charge in [-0.05, 0) is 18.8 Å². The van der Waals surface area contributed by atoms with Crippen LogP contribution in [-0.2, 0) is 4.79 Å².